The van der Waals surface area contributed by atoms with Gasteiger partial charge < -0.3 is 15.7 Å². The average Bonchev–Trinajstić information content (AvgIpc) is 2.26. The molecule has 1 heterocycles. The van der Waals surface area contributed by atoms with Crippen molar-refractivity contribution < 1.29 is 5.11 Å². The van der Waals surface area contributed by atoms with E-state index in [-0.39, 0.29) is 12.6 Å². The van der Waals surface area contributed by atoms with Gasteiger partial charge in [-0.05, 0) is 12.5 Å². The van der Waals surface area contributed by atoms with Crippen LogP contribution in [0.5, 0.6) is 0 Å². The highest BCUT2D eigenvalue weighted by molar-refractivity contribution is 5.39. The van der Waals surface area contributed by atoms with Crippen LogP contribution in [-0.4, -0.2) is 34.8 Å². The quantitative estimate of drug-likeness (QED) is 0.646. The second-order valence-corrected chi connectivity index (χ2v) is 2.95. The van der Waals surface area contributed by atoms with Crippen LogP contribution < -0.4 is 10.6 Å². The third-order valence-corrected chi connectivity index (χ3v) is 1.94. The third kappa shape index (κ3) is 2.85. The molecule has 0 aromatic carbocycles. The minimum atomic E-state index is 0.0506. The predicted molar refractivity (Wildman–Crippen MR) is 56.4 cm³/mol. The van der Waals surface area contributed by atoms with Crippen molar-refractivity contribution in [1.82, 2.24) is 9.97 Å². The van der Waals surface area contributed by atoms with E-state index in [1.807, 2.05) is 6.92 Å². The number of rotatable bonds is 5. The Morgan fingerprint density at radius 3 is 2.93 bits per heavy atom. The monoisotopic (exact) mass is 196 g/mol. The number of aliphatic hydroxyl groups is 1. The van der Waals surface area contributed by atoms with E-state index in [0.29, 0.717) is 5.95 Å². The highest BCUT2D eigenvalue weighted by Crippen LogP contribution is 2.07. The zero-order chi connectivity index (χ0) is 10.4. The number of nitrogens with zero attached hydrogens (tertiary/aromatic N) is 2. The molecule has 3 N–H and O–H groups in total. The SMILES string of the molecule is CCC(CO)Nc1ccnc(NC)n1. The van der Waals surface area contributed by atoms with Gasteiger partial charge in [0.25, 0.3) is 0 Å². The summed E-state index contributed by atoms with van der Waals surface area (Å²) in [6.45, 7) is 2.11. The highest BCUT2D eigenvalue weighted by Gasteiger charge is 2.04. The minimum absolute atomic E-state index is 0.0506. The number of hydrogen-bond donors (Lipinski definition) is 3. The second kappa shape index (κ2) is 5.39. The van der Waals surface area contributed by atoms with E-state index < -0.39 is 0 Å². The lowest BCUT2D eigenvalue weighted by molar-refractivity contribution is 0.271. The number of nitrogens with one attached hydrogen (secondary N) is 2. The number of anilines is 2. The molecule has 0 bridgehead atoms. The molecule has 5 heteroatoms. The van der Waals surface area contributed by atoms with E-state index in [1.54, 1.807) is 19.3 Å². The van der Waals surface area contributed by atoms with Gasteiger partial charge in [0.1, 0.15) is 5.82 Å². The van der Waals surface area contributed by atoms with Crippen LogP contribution in [0.15, 0.2) is 12.3 Å². The summed E-state index contributed by atoms with van der Waals surface area (Å²) in [6, 6.07) is 1.83. The molecule has 0 radical (unpaired) electrons. The van der Waals surface area contributed by atoms with Gasteiger partial charge >= 0.3 is 0 Å². The van der Waals surface area contributed by atoms with E-state index in [1.165, 1.54) is 0 Å². The molecule has 0 aliphatic heterocycles. The zero-order valence-electron chi connectivity index (χ0n) is 8.49. The van der Waals surface area contributed by atoms with Gasteiger partial charge in [-0.25, -0.2) is 4.98 Å². The Kier molecular flexibility index (Phi) is 4.12. The average molecular weight is 196 g/mol. The summed E-state index contributed by atoms with van der Waals surface area (Å²) in [4.78, 5) is 8.17. The van der Waals surface area contributed by atoms with E-state index in [0.717, 1.165) is 12.2 Å². The van der Waals surface area contributed by atoms with Crippen molar-refractivity contribution in [3.63, 3.8) is 0 Å². The Morgan fingerprint density at radius 1 is 1.57 bits per heavy atom. The summed E-state index contributed by atoms with van der Waals surface area (Å²) in [7, 11) is 1.77. The fraction of sp³-hybridized carbons (Fsp3) is 0.556. The zero-order valence-corrected chi connectivity index (χ0v) is 8.49. The lowest BCUT2D eigenvalue weighted by Gasteiger charge is -2.14. The first kappa shape index (κ1) is 10.7. The van der Waals surface area contributed by atoms with Crippen molar-refractivity contribution in [3.8, 4) is 0 Å². The molecule has 1 aromatic rings. The molecule has 0 amide bonds. The number of hydrogen-bond acceptors (Lipinski definition) is 5. The molecular formula is C9H16N4O. The summed E-state index contributed by atoms with van der Waals surface area (Å²) in [6.07, 6.45) is 2.53. The van der Waals surface area contributed by atoms with Crippen LogP contribution in [0.4, 0.5) is 11.8 Å². The third-order valence-electron chi connectivity index (χ3n) is 1.94. The molecule has 1 atom stereocenters. The Morgan fingerprint density at radius 2 is 2.36 bits per heavy atom. The lowest BCUT2D eigenvalue weighted by atomic mass is 10.2. The molecule has 0 saturated carbocycles. The summed E-state index contributed by atoms with van der Waals surface area (Å²) < 4.78 is 0. The molecule has 78 valence electrons. The summed E-state index contributed by atoms with van der Waals surface area (Å²) in [5.74, 6) is 1.30. The molecule has 0 saturated heterocycles. The Bertz CT molecular complexity index is 275. The largest absolute Gasteiger partial charge is 0.394 e. The van der Waals surface area contributed by atoms with Crippen LogP contribution in [0.2, 0.25) is 0 Å². The maximum atomic E-state index is 8.99. The lowest BCUT2D eigenvalue weighted by Crippen LogP contribution is -2.23. The standard InChI is InChI=1S/C9H16N4O/c1-3-7(6-14)12-8-4-5-11-9(10-2)13-8/h4-5,7,14H,3,6H2,1-2H3,(H2,10,11,12,13). The molecule has 0 aliphatic carbocycles. The van der Waals surface area contributed by atoms with Gasteiger partial charge in [0.2, 0.25) is 5.95 Å². The van der Waals surface area contributed by atoms with Crippen molar-refractivity contribution >= 4 is 11.8 Å². The van der Waals surface area contributed by atoms with Crippen LogP contribution in [0, 0.1) is 0 Å². The molecule has 5 nitrogen and oxygen atoms in total. The van der Waals surface area contributed by atoms with Crippen molar-refractivity contribution in [2.45, 2.75) is 19.4 Å². The highest BCUT2D eigenvalue weighted by atomic mass is 16.3. The molecule has 0 spiro atoms. The minimum Gasteiger partial charge on any atom is -0.394 e. The van der Waals surface area contributed by atoms with Crippen molar-refractivity contribution in [3.05, 3.63) is 12.3 Å². The predicted octanol–water partition coefficient (Wildman–Crippen LogP) is 0.701. The van der Waals surface area contributed by atoms with Gasteiger partial charge in [0, 0.05) is 13.2 Å². The van der Waals surface area contributed by atoms with Gasteiger partial charge in [-0.15, -0.1) is 0 Å². The van der Waals surface area contributed by atoms with Crippen LogP contribution in [0.25, 0.3) is 0 Å². The van der Waals surface area contributed by atoms with E-state index >= 15 is 0 Å². The van der Waals surface area contributed by atoms with Crippen LogP contribution in [0.1, 0.15) is 13.3 Å². The topological polar surface area (TPSA) is 70.1 Å². The first-order chi connectivity index (χ1) is 6.80. The fourth-order valence-corrected chi connectivity index (χ4v) is 1.05. The normalized spacial score (nSPS) is 12.2. The number of aliphatic hydroxyl groups excluding tert-OH is 1. The van der Waals surface area contributed by atoms with Crippen molar-refractivity contribution in [2.24, 2.45) is 0 Å². The fourth-order valence-electron chi connectivity index (χ4n) is 1.05. The molecule has 1 aromatic heterocycles. The van der Waals surface area contributed by atoms with Crippen LogP contribution in [-0.2, 0) is 0 Å². The van der Waals surface area contributed by atoms with Crippen LogP contribution >= 0.6 is 0 Å². The maximum Gasteiger partial charge on any atom is 0.224 e. The van der Waals surface area contributed by atoms with Gasteiger partial charge in [0.05, 0.1) is 12.6 Å². The summed E-state index contributed by atoms with van der Waals surface area (Å²) in [5.41, 5.74) is 0. The van der Waals surface area contributed by atoms with Gasteiger partial charge in [-0.1, -0.05) is 6.92 Å². The van der Waals surface area contributed by atoms with Gasteiger partial charge in [0.15, 0.2) is 0 Å². The van der Waals surface area contributed by atoms with E-state index in [2.05, 4.69) is 20.6 Å². The number of aromatic nitrogens is 2. The Balaban J connectivity index is 2.65. The molecule has 1 rings (SSSR count). The van der Waals surface area contributed by atoms with E-state index in [9.17, 15) is 0 Å². The van der Waals surface area contributed by atoms with Gasteiger partial charge in [-0.2, -0.15) is 4.98 Å². The van der Waals surface area contributed by atoms with Crippen molar-refractivity contribution in [1.29, 1.82) is 0 Å². The molecule has 0 aliphatic rings. The van der Waals surface area contributed by atoms with Crippen molar-refractivity contribution in [2.75, 3.05) is 24.3 Å². The van der Waals surface area contributed by atoms with Crippen LogP contribution in [0.3, 0.4) is 0 Å². The van der Waals surface area contributed by atoms with E-state index in [4.69, 9.17) is 5.11 Å². The second-order valence-electron chi connectivity index (χ2n) is 2.95. The smallest absolute Gasteiger partial charge is 0.224 e. The first-order valence-corrected chi connectivity index (χ1v) is 4.68. The Labute approximate surface area is 83.6 Å². The first-order valence-electron chi connectivity index (χ1n) is 4.68. The Hall–Kier alpha value is -1.36. The maximum absolute atomic E-state index is 8.99. The molecule has 1 unspecified atom stereocenters. The summed E-state index contributed by atoms with van der Waals surface area (Å²) >= 11 is 0. The summed E-state index contributed by atoms with van der Waals surface area (Å²) in [5, 5.41) is 15.0. The molecular weight excluding hydrogens is 180 g/mol. The molecule has 14 heavy (non-hydrogen) atoms. The molecule has 0 fully saturated rings. The van der Waals surface area contributed by atoms with Gasteiger partial charge in [-0.3, -0.25) is 0 Å².